The molecule has 0 bridgehead atoms. The number of hydrogen-bond donors (Lipinski definition) is 1. The minimum atomic E-state index is 0.369. The molecule has 1 rings (SSSR count). The quantitative estimate of drug-likeness (QED) is 0.675. The van der Waals surface area contributed by atoms with E-state index in [0.717, 1.165) is 5.92 Å². The zero-order valence-corrected chi connectivity index (χ0v) is 8.64. The second-order valence-corrected chi connectivity index (χ2v) is 4.84. The maximum absolute atomic E-state index is 9.33. The lowest BCUT2D eigenvalue weighted by Gasteiger charge is -2.43. The fraction of sp³-hybridized carbons (Fsp3) is 1.00. The molecule has 0 saturated heterocycles. The van der Waals surface area contributed by atoms with Gasteiger partial charge in [0.15, 0.2) is 0 Å². The molecule has 0 heterocycles. The van der Waals surface area contributed by atoms with Crippen LogP contribution in [0.15, 0.2) is 0 Å². The highest BCUT2D eigenvalue weighted by molar-refractivity contribution is 4.87. The minimum absolute atomic E-state index is 0.369. The van der Waals surface area contributed by atoms with Crippen LogP contribution in [0.3, 0.4) is 0 Å². The first-order valence-electron chi connectivity index (χ1n) is 5.22. The molecular formula is C11H22O. The van der Waals surface area contributed by atoms with Gasteiger partial charge in [-0.05, 0) is 23.7 Å². The Morgan fingerprint density at radius 3 is 2.50 bits per heavy atom. The first-order chi connectivity index (χ1) is 5.61. The summed E-state index contributed by atoms with van der Waals surface area (Å²) in [5.74, 6) is 1.30. The summed E-state index contributed by atoms with van der Waals surface area (Å²) in [4.78, 5) is 0. The predicted molar refractivity (Wildman–Crippen MR) is 52.0 cm³/mol. The Morgan fingerprint density at radius 1 is 1.42 bits per heavy atom. The van der Waals surface area contributed by atoms with E-state index in [1.165, 1.54) is 25.7 Å². The first-order valence-corrected chi connectivity index (χ1v) is 5.22. The van der Waals surface area contributed by atoms with Crippen molar-refractivity contribution in [1.82, 2.24) is 0 Å². The predicted octanol–water partition coefficient (Wildman–Crippen LogP) is 2.83. The Morgan fingerprint density at radius 2 is 2.08 bits per heavy atom. The summed E-state index contributed by atoms with van der Waals surface area (Å²) in [6.07, 6.45) is 5.19. The third-order valence-electron chi connectivity index (χ3n) is 3.69. The second kappa shape index (κ2) is 3.78. The lowest BCUT2D eigenvalue weighted by Crippen LogP contribution is -2.37. The monoisotopic (exact) mass is 170 g/mol. The van der Waals surface area contributed by atoms with Crippen LogP contribution in [0.25, 0.3) is 0 Å². The number of aliphatic hydroxyl groups is 1. The number of hydrogen-bond acceptors (Lipinski definition) is 1. The molecule has 0 aromatic heterocycles. The van der Waals surface area contributed by atoms with Crippen molar-refractivity contribution >= 4 is 0 Å². The van der Waals surface area contributed by atoms with Gasteiger partial charge in [-0.2, -0.15) is 0 Å². The topological polar surface area (TPSA) is 20.2 Å². The zero-order valence-electron chi connectivity index (χ0n) is 8.64. The van der Waals surface area contributed by atoms with Gasteiger partial charge in [-0.1, -0.05) is 40.0 Å². The number of aliphatic hydroxyl groups excluding tert-OH is 1. The minimum Gasteiger partial charge on any atom is -0.396 e. The van der Waals surface area contributed by atoms with E-state index >= 15 is 0 Å². The van der Waals surface area contributed by atoms with Gasteiger partial charge in [-0.25, -0.2) is 0 Å². The van der Waals surface area contributed by atoms with Crippen molar-refractivity contribution in [3.63, 3.8) is 0 Å². The molecular weight excluding hydrogens is 148 g/mol. The Hall–Kier alpha value is -0.0400. The van der Waals surface area contributed by atoms with Crippen LogP contribution in [0, 0.1) is 17.3 Å². The van der Waals surface area contributed by atoms with Crippen LogP contribution in [0.5, 0.6) is 0 Å². The third kappa shape index (κ3) is 1.82. The molecule has 1 fully saturated rings. The van der Waals surface area contributed by atoms with Gasteiger partial charge >= 0.3 is 0 Å². The summed E-state index contributed by atoms with van der Waals surface area (Å²) in [6.45, 7) is 7.23. The van der Waals surface area contributed by atoms with Crippen LogP contribution < -0.4 is 0 Å². The SMILES string of the molecule is CCC1CCCC(C)(C)C1CO. The first kappa shape index (κ1) is 10.0. The highest BCUT2D eigenvalue weighted by atomic mass is 16.3. The third-order valence-corrected chi connectivity index (χ3v) is 3.69. The fourth-order valence-electron chi connectivity index (χ4n) is 2.73. The van der Waals surface area contributed by atoms with Crippen LogP contribution in [0.1, 0.15) is 46.5 Å². The van der Waals surface area contributed by atoms with Crippen molar-refractivity contribution in [1.29, 1.82) is 0 Å². The molecule has 0 amide bonds. The maximum Gasteiger partial charge on any atom is 0.0467 e. The molecule has 1 aliphatic rings. The van der Waals surface area contributed by atoms with Gasteiger partial charge < -0.3 is 5.11 Å². The molecule has 0 spiro atoms. The summed E-state index contributed by atoms with van der Waals surface area (Å²) in [6, 6.07) is 0. The Kier molecular flexibility index (Phi) is 3.16. The second-order valence-electron chi connectivity index (χ2n) is 4.84. The molecule has 1 aliphatic carbocycles. The summed E-state index contributed by atoms with van der Waals surface area (Å²) < 4.78 is 0. The molecule has 0 radical (unpaired) electrons. The highest BCUT2D eigenvalue weighted by Gasteiger charge is 2.37. The van der Waals surface area contributed by atoms with E-state index in [2.05, 4.69) is 20.8 Å². The van der Waals surface area contributed by atoms with E-state index in [1.807, 2.05) is 0 Å². The van der Waals surface area contributed by atoms with E-state index < -0.39 is 0 Å². The summed E-state index contributed by atoms with van der Waals surface area (Å²) in [5, 5.41) is 9.33. The normalized spacial score (nSPS) is 35.0. The summed E-state index contributed by atoms with van der Waals surface area (Å²) in [5.41, 5.74) is 0.369. The molecule has 2 atom stereocenters. The van der Waals surface area contributed by atoms with Crippen molar-refractivity contribution in [2.24, 2.45) is 17.3 Å². The van der Waals surface area contributed by atoms with Gasteiger partial charge in [0.05, 0.1) is 0 Å². The van der Waals surface area contributed by atoms with Crippen molar-refractivity contribution in [3.8, 4) is 0 Å². The molecule has 72 valence electrons. The van der Waals surface area contributed by atoms with E-state index in [-0.39, 0.29) is 0 Å². The molecule has 1 N–H and O–H groups in total. The molecule has 2 unspecified atom stereocenters. The van der Waals surface area contributed by atoms with Gasteiger partial charge in [0.2, 0.25) is 0 Å². The molecule has 1 heteroatoms. The van der Waals surface area contributed by atoms with E-state index in [4.69, 9.17) is 0 Å². The average Bonchev–Trinajstić information content (AvgIpc) is 2.02. The maximum atomic E-state index is 9.33. The van der Waals surface area contributed by atoms with Crippen LogP contribution >= 0.6 is 0 Å². The van der Waals surface area contributed by atoms with Crippen molar-refractivity contribution < 1.29 is 5.11 Å². The lowest BCUT2D eigenvalue weighted by atomic mass is 9.63. The Labute approximate surface area is 76.2 Å². The lowest BCUT2D eigenvalue weighted by molar-refractivity contribution is 0.0233. The van der Waals surface area contributed by atoms with Crippen LogP contribution in [0.2, 0.25) is 0 Å². The zero-order chi connectivity index (χ0) is 9.19. The van der Waals surface area contributed by atoms with E-state index in [1.54, 1.807) is 0 Å². The molecule has 0 aromatic rings. The van der Waals surface area contributed by atoms with Gasteiger partial charge in [0.25, 0.3) is 0 Å². The molecule has 0 aliphatic heterocycles. The van der Waals surface area contributed by atoms with Gasteiger partial charge in [-0.15, -0.1) is 0 Å². The van der Waals surface area contributed by atoms with Crippen LogP contribution in [-0.4, -0.2) is 11.7 Å². The fourth-order valence-corrected chi connectivity index (χ4v) is 2.73. The van der Waals surface area contributed by atoms with E-state index in [9.17, 15) is 5.11 Å². The largest absolute Gasteiger partial charge is 0.396 e. The van der Waals surface area contributed by atoms with Gasteiger partial charge in [-0.3, -0.25) is 0 Å². The van der Waals surface area contributed by atoms with Crippen molar-refractivity contribution in [2.45, 2.75) is 46.5 Å². The smallest absolute Gasteiger partial charge is 0.0467 e. The Balaban J connectivity index is 2.66. The van der Waals surface area contributed by atoms with Crippen LogP contribution in [0.4, 0.5) is 0 Å². The van der Waals surface area contributed by atoms with Crippen LogP contribution in [-0.2, 0) is 0 Å². The average molecular weight is 170 g/mol. The standard InChI is InChI=1S/C11H22O/c1-4-9-6-5-7-11(2,3)10(9)8-12/h9-10,12H,4-8H2,1-3H3. The summed E-state index contributed by atoms with van der Waals surface area (Å²) in [7, 11) is 0. The van der Waals surface area contributed by atoms with Crippen molar-refractivity contribution in [3.05, 3.63) is 0 Å². The summed E-state index contributed by atoms with van der Waals surface area (Å²) >= 11 is 0. The highest BCUT2D eigenvalue weighted by Crippen LogP contribution is 2.44. The van der Waals surface area contributed by atoms with Gasteiger partial charge in [0.1, 0.15) is 0 Å². The number of rotatable bonds is 2. The molecule has 1 nitrogen and oxygen atoms in total. The molecule has 12 heavy (non-hydrogen) atoms. The van der Waals surface area contributed by atoms with Gasteiger partial charge in [0, 0.05) is 6.61 Å². The Bertz CT molecular complexity index is 140. The molecule has 0 aromatic carbocycles. The van der Waals surface area contributed by atoms with Crippen molar-refractivity contribution in [2.75, 3.05) is 6.61 Å². The van der Waals surface area contributed by atoms with E-state index in [0.29, 0.717) is 17.9 Å². The molecule has 1 saturated carbocycles.